The molecule has 1 fully saturated rings. The molecule has 2 heterocycles. The highest BCUT2D eigenvalue weighted by molar-refractivity contribution is 6.05. The van der Waals surface area contributed by atoms with Crippen molar-refractivity contribution in [3.63, 3.8) is 0 Å². The highest BCUT2D eigenvalue weighted by Gasteiger charge is 2.27. The molecule has 1 saturated heterocycles. The fourth-order valence-corrected chi connectivity index (χ4v) is 3.00. The van der Waals surface area contributed by atoms with E-state index in [1.54, 1.807) is 12.1 Å². The minimum absolute atomic E-state index is 0.0188. The van der Waals surface area contributed by atoms with Crippen molar-refractivity contribution < 1.29 is 4.79 Å². The molecule has 0 aliphatic carbocycles. The Kier molecular flexibility index (Phi) is 3.55. The summed E-state index contributed by atoms with van der Waals surface area (Å²) < 4.78 is 0. The van der Waals surface area contributed by atoms with Gasteiger partial charge in [0.2, 0.25) is 0 Å². The minimum atomic E-state index is -0.0188. The number of nitrogens with two attached hydrogens (primary N) is 1. The van der Waals surface area contributed by atoms with E-state index in [0.717, 1.165) is 37.0 Å². The van der Waals surface area contributed by atoms with Crippen LogP contribution >= 0.6 is 0 Å². The zero-order valence-corrected chi connectivity index (χ0v) is 12.5. The van der Waals surface area contributed by atoms with Crippen molar-refractivity contribution in [2.75, 3.05) is 32.4 Å². The van der Waals surface area contributed by atoms with Crippen LogP contribution < -0.4 is 5.73 Å². The Morgan fingerprint density at radius 3 is 3.05 bits per heavy atom. The fourth-order valence-electron chi connectivity index (χ4n) is 3.00. The number of anilines is 1. The van der Waals surface area contributed by atoms with Gasteiger partial charge in [0.15, 0.2) is 5.69 Å². The number of amides is 1. The minimum Gasteiger partial charge on any atom is -0.399 e. The predicted octanol–water partition coefficient (Wildman–Crippen LogP) is 1.31. The van der Waals surface area contributed by atoms with Crippen molar-refractivity contribution in [3.05, 3.63) is 23.9 Å². The van der Waals surface area contributed by atoms with Gasteiger partial charge in [-0.1, -0.05) is 0 Å². The molecule has 3 N–H and O–H groups in total. The summed E-state index contributed by atoms with van der Waals surface area (Å²) in [5.74, 6) is -0.0188. The number of fused-ring (bicyclic) bond motifs is 1. The van der Waals surface area contributed by atoms with E-state index in [1.807, 2.05) is 11.0 Å². The number of nitrogens with one attached hydrogen (secondary N) is 1. The number of carbonyl (C=O) groups excluding carboxylic acids is 1. The van der Waals surface area contributed by atoms with Gasteiger partial charge in [0.25, 0.3) is 5.91 Å². The van der Waals surface area contributed by atoms with Gasteiger partial charge in [-0.3, -0.25) is 9.89 Å². The first kappa shape index (κ1) is 13.9. The van der Waals surface area contributed by atoms with E-state index in [9.17, 15) is 4.79 Å². The van der Waals surface area contributed by atoms with E-state index < -0.39 is 0 Å². The second-order valence-corrected chi connectivity index (χ2v) is 5.84. The molecule has 112 valence electrons. The van der Waals surface area contributed by atoms with Crippen LogP contribution in [0, 0.1) is 0 Å². The van der Waals surface area contributed by atoms with Crippen molar-refractivity contribution in [3.8, 4) is 0 Å². The molecule has 1 aromatic carbocycles. The standard InChI is InChI=1S/C15H21N5O/c1-10-9-19(2)6-3-7-20(10)15(21)14-12-8-11(16)4-5-13(12)17-18-14/h4-5,8,10H,3,6-7,9,16H2,1-2H3,(H,17,18). The topological polar surface area (TPSA) is 78.2 Å². The van der Waals surface area contributed by atoms with Crippen molar-refractivity contribution in [1.82, 2.24) is 20.0 Å². The molecule has 1 aliphatic rings. The Morgan fingerprint density at radius 1 is 1.43 bits per heavy atom. The molecule has 0 bridgehead atoms. The molecule has 0 radical (unpaired) electrons. The molecular formula is C15H21N5O. The zero-order valence-electron chi connectivity index (χ0n) is 12.5. The summed E-state index contributed by atoms with van der Waals surface area (Å²) in [6.45, 7) is 4.75. The second-order valence-electron chi connectivity index (χ2n) is 5.84. The van der Waals surface area contributed by atoms with Crippen molar-refractivity contribution in [1.29, 1.82) is 0 Å². The summed E-state index contributed by atoms with van der Waals surface area (Å²) in [6.07, 6.45) is 0.983. The van der Waals surface area contributed by atoms with Gasteiger partial charge in [-0.25, -0.2) is 0 Å². The number of likely N-dealkylation sites (N-methyl/N-ethyl adjacent to an activating group) is 1. The number of nitrogens with zero attached hydrogens (tertiary/aromatic N) is 3. The molecule has 1 aromatic heterocycles. The smallest absolute Gasteiger partial charge is 0.275 e. The summed E-state index contributed by atoms with van der Waals surface area (Å²) in [4.78, 5) is 17.0. The maximum Gasteiger partial charge on any atom is 0.275 e. The molecule has 2 aromatic rings. The molecule has 1 aliphatic heterocycles. The van der Waals surface area contributed by atoms with E-state index in [4.69, 9.17) is 5.73 Å². The highest BCUT2D eigenvalue weighted by Crippen LogP contribution is 2.21. The van der Waals surface area contributed by atoms with Crippen LogP contribution in [0.4, 0.5) is 5.69 Å². The van der Waals surface area contributed by atoms with Crippen LogP contribution in [0.5, 0.6) is 0 Å². The van der Waals surface area contributed by atoms with Gasteiger partial charge in [0.05, 0.1) is 5.52 Å². The predicted molar refractivity (Wildman–Crippen MR) is 83.1 cm³/mol. The summed E-state index contributed by atoms with van der Waals surface area (Å²) in [5.41, 5.74) is 7.77. The SMILES string of the molecule is CC1CN(C)CCCN1C(=O)c1n[nH]c2ccc(N)cc12. The largest absolute Gasteiger partial charge is 0.399 e. The number of rotatable bonds is 1. The Balaban J connectivity index is 1.94. The molecule has 6 heteroatoms. The number of aromatic amines is 1. The number of aromatic nitrogens is 2. The average Bonchev–Trinajstić information content (AvgIpc) is 2.77. The fraction of sp³-hybridized carbons (Fsp3) is 0.467. The van der Waals surface area contributed by atoms with Crippen LogP contribution in [0.1, 0.15) is 23.8 Å². The van der Waals surface area contributed by atoms with Crippen LogP contribution in [0.2, 0.25) is 0 Å². The van der Waals surface area contributed by atoms with Crippen molar-refractivity contribution >= 4 is 22.5 Å². The highest BCUT2D eigenvalue weighted by atomic mass is 16.2. The third kappa shape index (κ3) is 2.58. The second kappa shape index (κ2) is 5.37. The molecule has 21 heavy (non-hydrogen) atoms. The maximum atomic E-state index is 12.8. The Bertz CT molecular complexity index is 665. The lowest BCUT2D eigenvalue weighted by atomic mass is 10.1. The number of carbonyl (C=O) groups is 1. The number of benzene rings is 1. The molecule has 0 spiro atoms. The lowest BCUT2D eigenvalue weighted by Gasteiger charge is -2.27. The number of H-pyrrole nitrogens is 1. The van der Waals surface area contributed by atoms with Gasteiger partial charge in [-0.05, 0) is 45.1 Å². The third-order valence-corrected chi connectivity index (χ3v) is 4.10. The van der Waals surface area contributed by atoms with Crippen LogP contribution in [-0.2, 0) is 0 Å². The summed E-state index contributed by atoms with van der Waals surface area (Å²) in [5, 5.41) is 7.92. The molecule has 1 atom stereocenters. The van der Waals surface area contributed by atoms with E-state index in [1.165, 1.54) is 0 Å². The molecule has 1 amide bonds. The first-order chi connectivity index (χ1) is 10.1. The first-order valence-electron chi connectivity index (χ1n) is 7.29. The lowest BCUT2D eigenvalue weighted by molar-refractivity contribution is 0.0692. The molecular weight excluding hydrogens is 266 g/mol. The van der Waals surface area contributed by atoms with Gasteiger partial charge in [-0.2, -0.15) is 5.10 Å². The van der Waals surface area contributed by atoms with E-state index in [2.05, 4.69) is 29.1 Å². The van der Waals surface area contributed by atoms with E-state index in [-0.39, 0.29) is 11.9 Å². The number of hydrogen-bond donors (Lipinski definition) is 2. The van der Waals surface area contributed by atoms with Gasteiger partial charge in [-0.15, -0.1) is 0 Å². The van der Waals surface area contributed by atoms with Crippen LogP contribution in [0.15, 0.2) is 18.2 Å². The van der Waals surface area contributed by atoms with E-state index >= 15 is 0 Å². The van der Waals surface area contributed by atoms with Gasteiger partial charge in [0.1, 0.15) is 0 Å². The quantitative estimate of drug-likeness (QED) is 0.775. The van der Waals surface area contributed by atoms with Crippen molar-refractivity contribution in [2.24, 2.45) is 0 Å². The Morgan fingerprint density at radius 2 is 2.24 bits per heavy atom. The van der Waals surface area contributed by atoms with Crippen molar-refractivity contribution in [2.45, 2.75) is 19.4 Å². The first-order valence-corrected chi connectivity index (χ1v) is 7.29. The maximum absolute atomic E-state index is 12.8. The normalized spacial score (nSPS) is 20.7. The third-order valence-electron chi connectivity index (χ3n) is 4.10. The monoisotopic (exact) mass is 287 g/mol. The lowest BCUT2D eigenvalue weighted by Crippen LogP contribution is -2.42. The van der Waals surface area contributed by atoms with Gasteiger partial charge in [0, 0.05) is 30.2 Å². The van der Waals surface area contributed by atoms with Crippen LogP contribution in [0.3, 0.4) is 0 Å². The summed E-state index contributed by atoms with van der Waals surface area (Å²) in [7, 11) is 2.09. The van der Waals surface area contributed by atoms with Gasteiger partial charge >= 0.3 is 0 Å². The summed E-state index contributed by atoms with van der Waals surface area (Å²) >= 11 is 0. The molecule has 1 unspecified atom stereocenters. The molecule has 6 nitrogen and oxygen atoms in total. The zero-order chi connectivity index (χ0) is 15.0. The molecule has 3 rings (SSSR count). The number of hydrogen-bond acceptors (Lipinski definition) is 4. The van der Waals surface area contributed by atoms with E-state index in [0.29, 0.717) is 11.4 Å². The Hall–Kier alpha value is -2.08. The summed E-state index contributed by atoms with van der Waals surface area (Å²) in [6, 6.07) is 5.64. The number of nitrogen functional groups attached to an aromatic ring is 1. The average molecular weight is 287 g/mol. The molecule has 0 saturated carbocycles. The van der Waals surface area contributed by atoms with Crippen LogP contribution in [0.25, 0.3) is 10.9 Å². The van der Waals surface area contributed by atoms with Crippen LogP contribution in [-0.4, -0.2) is 58.6 Å². The van der Waals surface area contributed by atoms with Gasteiger partial charge < -0.3 is 15.5 Å². The Labute approximate surface area is 123 Å².